The van der Waals surface area contributed by atoms with Crippen molar-refractivity contribution in [1.82, 2.24) is 14.9 Å². The van der Waals surface area contributed by atoms with E-state index in [1.807, 2.05) is 19.1 Å². The molecule has 0 spiro atoms. The maximum atomic E-state index is 13.1. The third-order valence-corrected chi connectivity index (χ3v) is 4.81. The predicted octanol–water partition coefficient (Wildman–Crippen LogP) is 3.54. The van der Waals surface area contributed by atoms with Crippen LogP contribution in [0, 0.1) is 5.82 Å². The molecule has 5 nitrogen and oxygen atoms in total. The third kappa shape index (κ3) is 2.46. The standard InChI is InChI=1S/C17H13FN4OS/c1-10-15(13-4-2-3-5-14(13)23)21-22-16(19-20-17(22)24-10)11-6-8-12(18)9-7-11/h2-10,23H,1H3/t10-/m0/s1. The van der Waals surface area contributed by atoms with Crippen molar-refractivity contribution >= 4 is 17.5 Å². The number of halogens is 1. The molecule has 24 heavy (non-hydrogen) atoms. The Bertz CT molecular complexity index is 936. The Morgan fingerprint density at radius 1 is 1.08 bits per heavy atom. The van der Waals surface area contributed by atoms with Gasteiger partial charge in [-0.15, -0.1) is 10.2 Å². The Balaban J connectivity index is 1.85. The summed E-state index contributed by atoms with van der Waals surface area (Å²) in [6.07, 6.45) is 0. The molecule has 0 aliphatic carbocycles. The normalized spacial score (nSPS) is 16.6. The summed E-state index contributed by atoms with van der Waals surface area (Å²) >= 11 is 1.52. The molecule has 2 aromatic carbocycles. The van der Waals surface area contributed by atoms with Gasteiger partial charge in [0.2, 0.25) is 5.16 Å². The topological polar surface area (TPSA) is 63.3 Å². The summed E-state index contributed by atoms with van der Waals surface area (Å²) < 4.78 is 14.8. The fraction of sp³-hybridized carbons (Fsp3) is 0.118. The van der Waals surface area contributed by atoms with E-state index in [9.17, 15) is 9.50 Å². The summed E-state index contributed by atoms with van der Waals surface area (Å²) in [6, 6.07) is 13.1. The van der Waals surface area contributed by atoms with Crippen LogP contribution in [0.2, 0.25) is 0 Å². The summed E-state index contributed by atoms with van der Waals surface area (Å²) in [7, 11) is 0. The highest BCUT2D eigenvalue weighted by Crippen LogP contribution is 2.34. The Kier molecular flexibility index (Phi) is 3.57. The van der Waals surface area contributed by atoms with Crippen molar-refractivity contribution in [1.29, 1.82) is 0 Å². The Labute approximate surface area is 141 Å². The quantitative estimate of drug-likeness (QED) is 0.775. The molecule has 3 aromatic rings. The number of benzene rings is 2. The molecule has 1 N–H and O–H groups in total. The first-order chi connectivity index (χ1) is 11.6. The van der Waals surface area contributed by atoms with Gasteiger partial charge in [0.1, 0.15) is 11.6 Å². The molecule has 1 atom stereocenters. The van der Waals surface area contributed by atoms with Crippen molar-refractivity contribution in [3.8, 4) is 17.1 Å². The first-order valence-electron chi connectivity index (χ1n) is 7.39. The lowest BCUT2D eigenvalue weighted by atomic mass is 10.1. The number of thioether (sulfide) groups is 1. The van der Waals surface area contributed by atoms with Gasteiger partial charge < -0.3 is 5.11 Å². The number of hydrogen-bond acceptors (Lipinski definition) is 5. The summed E-state index contributed by atoms with van der Waals surface area (Å²) in [5.41, 5.74) is 2.15. The van der Waals surface area contributed by atoms with Crippen LogP contribution in [0.3, 0.4) is 0 Å². The van der Waals surface area contributed by atoms with Crippen LogP contribution in [0.15, 0.2) is 58.8 Å². The molecule has 0 fully saturated rings. The lowest BCUT2D eigenvalue weighted by Crippen LogP contribution is -2.21. The molecule has 1 aliphatic heterocycles. The van der Waals surface area contributed by atoms with Crippen LogP contribution in [0.25, 0.3) is 11.4 Å². The average molecular weight is 340 g/mol. The van der Waals surface area contributed by atoms with Crippen LogP contribution >= 0.6 is 11.8 Å². The van der Waals surface area contributed by atoms with Gasteiger partial charge in [0, 0.05) is 11.1 Å². The van der Waals surface area contributed by atoms with Gasteiger partial charge >= 0.3 is 0 Å². The molecule has 0 radical (unpaired) electrons. The first-order valence-corrected chi connectivity index (χ1v) is 8.26. The van der Waals surface area contributed by atoms with E-state index in [-0.39, 0.29) is 16.8 Å². The fourth-order valence-corrected chi connectivity index (χ4v) is 3.49. The highest BCUT2D eigenvalue weighted by molar-refractivity contribution is 8.00. The van der Waals surface area contributed by atoms with E-state index in [1.165, 1.54) is 23.9 Å². The van der Waals surface area contributed by atoms with Crippen molar-refractivity contribution in [2.75, 3.05) is 0 Å². The molecule has 0 bridgehead atoms. The highest BCUT2D eigenvalue weighted by atomic mass is 32.2. The summed E-state index contributed by atoms with van der Waals surface area (Å²) in [5.74, 6) is 0.416. The van der Waals surface area contributed by atoms with E-state index < -0.39 is 0 Å². The molecule has 2 heterocycles. The molecule has 4 rings (SSSR count). The minimum Gasteiger partial charge on any atom is -0.507 e. The first kappa shape index (κ1) is 14.9. The van der Waals surface area contributed by atoms with E-state index >= 15 is 0 Å². The smallest absolute Gasteiger partial charge is 0.213 e. The van der Waals surface area contributed by atoms with Crippen LogP contribution in [0.4, 0.5) is 4.39 Å². The summed E-state index contributed by atoms with van der Waals surface area (Å²) in [4.78, 5) is 0. The zero-order valence-electron chi connectivity index (χ0n) is 12.7. The summed E-state index contributed by atoms with van der Waals surface area (Å²) in [6.45, 7) is 2.01. The van der Waals surface area contributed by atoms with Crippen LogP contribution < -0.4 is 0 Å². The fourth-order valence-electron chi connectivity index (χ4n) is 2.57. The van der Waals surface area contributed by atoms with E-state index in [2.05, 4.69) is 15.3 Å². The van der Waals surface area contributed by atoms with Crippen LogP contribution in [0.1, 0.15) is 12.5 Å². The van der Waals surface area contributed by atoms with Gasteiger partial charge in [-0.25, -0.2) is 4.39 Å². The third-order valence-electron chi connectivity index (χ3n) is 3.77. The molecule has 0 amide bonds. The highest BCUT2D eigenvalue weighted by Gasteiger charge is 2.27. The molecular formula is C17H13FN4OS. The van der Waals surface area contributed by atoms with Gasteiger partial charge in [-0.1, -0.05) is 23.9 Å². The maximum absolute atomic E-state index is 13.1. The van der Waals surface area contributed by atoms with Gasteiger partial charge in [-0.3, -0.25) is 0 Å². The van der Waals surface area contributed by atoms with Gasteiger partial charge in [0.05, 0.1) is 11.0 Å². The lowest BCUT2D eigenvalue weighted by Gasteiger charge is -2.20. The second-order valence-corrected chi connectivity index (χ2v) is 6.70. The molecule has 1 aromatic heterocycles. The number of phenols is 1. The van der Waals surface area contributed by atoms with E-state index in [0.717, 1.165) is 11.3 Å². The minimum atomic E-state index is -0.307. The zero-order valence-corrected chi connectivity index (χ0v) is 13.5. The monoisotopic (exact) mass is 340 g/mol. The second-order valence-electron chi connectivity index (χ2n) is 5.39. The largest absolute Gasteiger partial charge is 0.507 e. The molecule has 120 valence electrons. The van der Waals surface area contributed by atoms with Gasteiger partial charge in [0.25, 0.3) is 0 Å². The number of rotatable bonds is 2. The molecule has 1 aliphatic rings. The van der Waals surface area contributed by atoms with Gasteiger partial charge in [-0.2, -0.15) is 9.78 Å². The minimum absolute atomic E-state index is 0.0241. The lowest BCUT2D eigenvalue weighted by molar-refractivity contribution is 0.474. The van der Waals surface area contributed by atoms with E-state index in [1.54, 1.807) is 28.9 Å². The number of hydrogen-bond donors (Lipinski definition) is 1. The Morgan fingerprint density at radius 3 is 2.58 bits per heavy atom. The number of aromatic hydroxyl groups is 1. The van der Waals surface area contributed by atoms with E-state index in [4.69, 9.17) is 0 Å². The number of phenolic OH excluding ortho intramolecular Hbond substituents is 1. The number of para-hydroxylation sites is 1. The van der Waals surface area contributed by atoms with E-state index in [0.29, 0.717) is 16.5 Å². The molecule has 0 unspecified atom stereocenters. The number of fused-ring (bicyclic) bond motifs is 1. The molecule has 0 saturated heterocycles. The van der Waals surface area contributed by atoms with Crippen molar-refractivity contribution in [2.24, 2.45) is 5.10 Å². The van der Waals surface area contributed by atoms with Crippen molar-refractivity contribution in [3.63, 3.8) is 0 Å². The second kappa shape index (κ2) is 5.76. The van der Waals surface area contributed by atoms with Crippen molar-refractivity contribution in [2.45, 2.75) is 17.3 Å². The maximum Gasteiger partial charge on any atom is 0.213 e. The number of nitrogens with zero attached hydrogens (tertiary/aromatic N) is 4. The average Bonchev–Trinajstić information content (AvgIpc) is 2.98. The van der Waals surface area contributed by atoms with Gasteiger partial charge in [-0.05, 0) is 43.3 Å². The van der Waals surface area contributed by atoms with Crippen molar-refractivity contribution < 1.29 is 9.50 Å². The Hall–Kier alpha value is -2.67. The summed E-state index contributed by atoms with van der Waals surface area (Å²) in [5, 5.41) is 23.8. The molecular weight excluding hydrogens is 327 g/mol. The Morgan fingerprint density at radius 2 is 1.83 bits per heavy atom. The molecule has 0 saturated carbocycles. The van der Waals surface area contributed by atoms with Crippen LogP contribution in [-0.4, -0.2) is 30.9 Å². The predicted molar refractivity (Wildman–Crippen MR) is 90.8 cm³/mol. The zero-order chi connectivity index (χ0) is 16.7. The van der Waals surface area contributed by atoms with Crippen molar-refractivity contribution in [3.05, 3.63) is 59.9 Å². The van der Waals surface area contributed by atoms with Gasteiger partial charge in [0.15, 0.2) is 5.82 Å². The van der Waals surface area contributed by atoms with Crippen LogP contribution in [0.5, 0.6) is 5.75 Å². The van der Waals surface area contributed by atoms with Crippen LogP contribution in [-0.2, 0) is 0 Å². The SMILES string of the molecule is C[C@@H]1Sc2nnc(-c3ccc(F)cc3)n2N=C1c1ccccc1O. The number of aromatic nitrogens is 3. The molecule has 7 heteroatoms.